The highest BCUT2D eigenvalue weighted by molar-refractivity contribution is 5.70. The van der Waals surface area contributed by atoms with Crippen molar-refractivity contribution in [2.45, 2.75) is 219 Å². The molecule has 0 radical (unpaired) electrons. The number of unbranched alkanes of at least 4 members (excludes halogenated alkanes) is 21. The normalized spacial score (nSPS) is 13.4. The number of rotatable bonds is 44. The van der Waals surface area contributed by atoms with Crippen LogP contribution in [0.1, 0.15) is 206 Å². The average molecular weight is 856 g/mol. The number of carboxylic acids is 1. The van der Waals surface area contributed by atoms with Crippen LogP contribution >= 0.6 is 0 Å². The molecule has 2 atom stereocenters. The van der Waals surface area contributed by atoms with Crippen molar-refractivity contribution in [1.29, 1.82) is 0 Å². The zero-order valence-corrected chi connectivity index (χ0v) is 40.1. The fourth-order valence-corrected chi connectivity index (χ4v) is 7.08. The Morgan fingerprint density at radius 3 is 1.48 bits per heavy atom. The minimum atomic E-state index is -1.13. The summed E-state index contributed by atoms with van der Waals surface area (Å²) in [7, 11) is 5.40. The second kappa shape index (κ2) is 43.7. The van der Waals surface area contributed by atoms with Gasteiger partial charge in [-0.15, -0.1) is 0 Å². The largest absolute Gasteiger partial charge is 0.544 e. The van der Waals surface area contributed by atoms with E-state index in [1.54, 1.807) is 21.1 Å². The third kappa shape index (κ3) is 42.1. The molecular weight excluding hydrogens is 763 g/mol. The quantitative estimate of drug-likeness (QED) is 0.0198. The van der Waals surface area contributed by atoms with Gasteiger partial charge in [-0.05, 0) is 70.6 Å². The highest BCUT2D eigenvalue weighted by atomic mass is 16.6. The molecule has 0 amide bonds. The molecule has 0 aliphatic carbocycles. The van der Waals surface area contributed by atoms with Crippen molar-refractivity contribution in [3.8, 4) is 0 Å². The molecule has 0 saturated heterocycles. The van der Waals surface area contributed by atoms with Gasteiger partial charge in [-0.2, -0.15) is 0 Å². The summed E-state index contributed by atoms with van der Waals surface area (Å²) < 4.78 is 17.2. The Labute approximate surface area is 375 Å². The van der Waals surface area contributed by atoms with E-state index in [0.29, 0.717) is 6.42 Å². The standard InChI is InChI=1S/C53H93NO7/c1-6-8-10-12-14-16-18-20-22-24-25-26-27-28-30-31-33-35-37-39-41-43-51(55)60-48-49(47-59-46-45-50(53(57)58)54(3,4)5)61-52(56)44-42-40-38-36-34-32-29-23-21-19-17-15-13-11-9-7-2/h8,10,14,16,20,22-23,29,32,34,49-50H,6-7,9,11-13,15,17-19,21,24-28,30-31,33,35-48H2,1-5H3/b10-8+,16-14+,22-20+,29-23+,34-32+. The Hall–Kier alpha value is -2.97. The van der Waals surface area contributed by atoms with E-state index in [2.05, 4.69) is 74.6 Å². The lowest BCUT2D eigenvalue weighted by Crippen LogP contribution is -2.55. The number of quaternary nitrogens is 1. The van der Waals surface area contributed by atoms with E-state index < -0.39 is 18.1 Å². The van der Waals surface area contributed by atoms with Crippen LogP contribution in [0.2, 0.25) is 0 Å². The predicted molar refractivity (Wildman–Crippen MR) is 254 cm³/mol. The van der Waals surface area contributed by atoms with E-state index in [1.165, 1.54) is 103 Å². The lowest BCUT2D eigenvalue weighted by Gasteiger charge is -2.34. The number of carboxylic acid groups (broad SMARTS) is 1. The van der Waals surface area contributed by atoms with Crippen molar-refractivity contribution in [3.63, 3.8) is 0 Å². The van der Waals surface area contributed by atoms with Gasteiger partial charge in [0.15, 0.2) is 6.10 Å². The molecular formula is C53H93NO7. The van der Waals surface area contributed by atoms with Crippen LogP contribution in [0.3, 0.4) is 0 Å². The Kier molecular flexibility index (Phi) is 41.5. The van der Waals surface area contributed by atoms with Gasteiger partial charge in [0.05, 0.1) is 40.3 Å². The molecule has 352 valence electrons. The molecule has 0 aromatic rings. The molecule has 0 rings (SSSR count). The summed E-state index contributed by atoms with van der Waals surface area (Å²) in [6.07, 6.45) is 53.9. The van der Waals surface area contributed by atoms with E-state index >= 15 is 0 Å². The molecule has 0 saturated carbocycles. The van der Waals surface area contributed by atoms with E-state index in [9.17, 15) is 19.5 Å². The maximum Gasteiger partial charge on any atom is 0.306 e. The van der Waals surface area contributed by atoms with Gasteiger partial charge >= 0.3 is 11.9 Å². The number of allylic oxidation sites excluding steroid dienone is 10. The summed E-state index contributed by atoms with van der Waals surface area (Å²) in [4.78, 5) is 37.0. The predicted octanol–water partition coefficient (Wildman–Crippen LogP) is 12.8. The number of esters is 2. The van der Waals surface area contributed by atoms with Crippen molar-refractivity contribution >= 4 is 17.9 Å². The second-order valence-electron chi connectivity index (χ2n) is 17.7. The summed E-state index contributed by atoms with van der Waals surface area (Å²) in [5.74, 6) is -1.77. The van der Waals surface area contributed by atoms with Gasteiger partial charge in [0.2, 0.25) is 0 Å². The summed E-state index contributed by atoms with van der Waals surface area (Å²) in [5, 5.41) is 11.6. The Morgan fingerprint density at radius 2 is 0.967 bits per heavy atom. The molecule has 8 nitrogen and oxygen atoms in total. The van der Waals surface area contributed by atoms with E-state index in [-0.39, 0.29) is 49.1 Å². The van der Waals surface area contributed by atoms with Gasteiger partial charge in [0.1, 0.15) is 12.6 Å². The molecule has 0 aliphatic heterocycles. The van der Waals surface area contributed by atoms with E-state index in [1.807, 2.05) is 0 Å². The van der Waals surface area contributed by atoms with Crippen LogP contribution in [0.25, 0.3) is 0 Å². The number of hydrogen-bond acceptors (Lipinski definition) is 7. The number of aliphatic carboxylic acids is 1. The van der Waals surface area contributed by atoms with Crippen molar-refractivity contribution in [2.24, 2.45) is 0 Å². The minimum absolute atomic E-state index is 0.0281. The molecule has 0 aliphatic rings. The molecule has 0 aromatic heterocycles. The molecule has 0 N–H and O–H groups in total. The molecule has 0 bridgehead atoms. The number of nitrogens with zero attached hydrogens (tertiary/aromatic N) is 1. The van der Waals surface area contributed by atoms with Crippen LogP contribution < -0.4 is 5.11 Å². The maximum absolute atomic E-state index is 12.7. The molecule has 0 spiro atoms. The lowest BCUT2D eigenvalue weighted by molar-refractivity contribution is -0.889. The molecule has 0 aromatic carbocycles. The first-order chi connectivity index (χ1) is 29.6. The van der Waals surface area contributed by atoms with Crippen LogP contribution in [0.15, 0.2) is 60.8 Å². The molecule has 8 heteroatoms. The van der Waals surface area contributed by atoms with Gasteiger partial charge in [-0.25, -0.2) is 0 Å². The first-order valence-corrected chi connectivity index (χ1v) is 24.8. The van der Waals surface area contributed by atoms with Crippen LogP contribution in [0.4, 0.5) is 0 Å². The first kappa shape index (κ1) is 58.0. The fraction of sp³-hybridized carbons (Fsp3) is 0.755. The summed E-state index contributed by atoms with van der Waals surface area (Å²) >= 11 is 0. The third-order valence-corrected chi connectivity index (χ3v) is 10.9. The van der Waals surface area contributed by atoms with Crippen LogP contribution in [-0.4, -0.2) is 75.5 Å². The summed E-state index contributed by atoms with van der Waals surface area (Å²) in [5.41, 5.74) is 0. The number of carbonyl (C=O) groups excluding carboxylic acids is 3. The van der Waals surface area contributed by atoms with Crippen LogP contribution in [-0.2, 0) is 28.6 Å². The second-order valence-corrected chi connectivity index (χ2v) is 17.7. The molecule has 61 heavy (non-hydrogen) atoms. The van der Waals surface area contributed by atoms with Gasteiger partial charge in [-0.1, -0.05) is 177 Å². The topological polar surface area (TPSA) is 102 Å². The zero-order valence-electron chi connectivity index (χ0n) is 40.1. The maximum atomic E-state index is 12.7. The number of hydrogen-bond donors (Lipinski definition) is 0. The number of carbonyl (C=O) groups is 3. The zero-order chi connectivity index (χ0) is 44.9. The highest BCUT2D eigenvalue weighted by Crippen LogP contribution is 2.15. The molecule has 0 heterocycles. The third-order valence-electron chi connectivity index (χ3n) is 10.9. The highest BCUT2D eigenvalue weighted by Gasteiger charge is 2.25. The number of likely N-dealkylation sites (N-methyl/N-ethyl adjacent to an activating group) is 1. The number of ether oxygens (including phenoxy) is 3. The lowest BCUT2D eigenvalue weighted by atomic mass is 10.0. The van der Waals surface area contributed by atoms with Gasteiger partial charge in [0.25, 0.3) is 0 Å². The van der Waals surface area contributed by atoms with Gasteiger partial charge in [-0.3, -0.25) is 9.59 Å². The Balaban J connectivity index is 4.29. The van der Waals surface area contributed by atoms with Crippen molar-refractivity contribution in [1.82, 2.24) is 0 Å². The van der Waals surface area contributed by atoms with Crippen LogP contribution in [0.5, 0.6) is 0 Å². The smallest absolute Gasteiger partial charge is 0.306 e. The fourth-order valence-electron chi connectivity index (χ4n) is 7.08. The van der Waals surface area contributed by atoms with Crippen molar-refractivity contribution in [2.75, 3.05) is 41.0 Å². The Bertz CT molecular complexity index is 1180. The molecule has 0 fully saturated rings. The van der Waals surface area contributed by atoms with E-state index in [0.717, 1.165) is 70.6 Å². The summed E-state index contributed by atoms with van der Waals surface area (Å²) in [6.45, 7) is 4.53. The van der Waals surface area contributed by atoms with Crippen LogP contribution in [0, 0.1) is 0 Å². The van der Waals surface area contributed by atoms with Gasteiger partial charge in [0, 0.05) is 19.3 Å². The average Bonchev–Trinajstić information content (AvgIpc) is 3.22. The monoisotopic (exact) mass is 856 g/mol. The summed E-state index contributed by atoms with van der Waals surface area (Å²) in [6, 6.07) is -0.733. The first-order valence-electron chi connectivity index (χ1n) is 24.8. The minimum Gasteiger partial charge on any atom is -0.544 e. The van der Waals surface area contributed by atoms with Crippen molar-refractivity contribution < 1.29 is 38.2 Å². The Morgan fingerprint density at radius 1 is 0.525 bits per heavy atom. The van der Waals surface area contributed by atoms with E-state index in [4.69, 9.17) is 14.2 Å². The van der Waals surface area contributed by atoms with Gasteiger partial charge < -0.3 is 28.6 Å². The SMILES string of the molecule is CC/C=C/C/C=C/C/C=C/CCCCCCCCCCCCCC(=O)OCC(COCCC(C(=O)[O-])[N+](C)(C)C)OC(=O)CCCCC/C=C/C=C/CCCCCCCCC. The van der Waals surface area contributed by atoms with Crippen molar-refractivity contribution in [3.05, 3.63) is 60.8 Å². The molecule has 2 unspecified atom stereocenters.